The molecule has 2 aliphatic carbocycles. The lowest BCUT2D eigenvalue weighted by Crippen LogP contribution is -2.62. The van der Waals surface area contributed by atoms with Crippen LogP contribution in [-0.4, -0.2) is 6.71 Å². The Balaban J connectivity index is 1.19. The van der Waals surface area contributed by atoms with E-state index in [1.165, 1.54) is 58.9 Å². The van der Waals surface area contributed by atoms with Crippen LogP contribution in [0.1, 0.15) is 139 Å². The molecule has 13 rings (SSSR count). The van der Waals surface area contributed by atoms with Gasteiger partial charge >= 0.3 is 0 Å². The van der Waals surface area contributed by atoms with Crippen molar-refractivity contribution >= 4 is 106 Å². The first-order valence-corrected chi connectivity index (χ1v) is 27.9. The highest BCUT2D eigenvalue weighted by Crippen LogP contribution is 2.55. The molecule has 0 saturated heterocycles. The standard InChI is InChI=1S/C69H70BN3S/c1-43-37-59-63-60(38-43)73(56-32-29-49-48-25-19-20-26-61(48)74-64(49)62(56)65(2,3)4)57-40-47(71(44-21-15-13-16-22-44)45-23-17-14-18-24-45)28-31-54(57)70(63)55-41-52-53(69(11,12)36-35-68(52,9)10)42-58(55)72(59)46-27-30-50-51(39-46)67(7,8)34-33-66(50,5)6/h13-32,37-42H,33-36H2,1-12H3/i1D3. The molecule has 0 N–H and O–H groups in total. The number of para-hydroxylation sites is 2. The highest BCUT2D eigenvalue weighted by molar-refractivity contribution is 7.26. The van der Waals surface area contributed by atoms with Crippen molar-refractivity contribution < 1.29 is 4.11 Å². The quantitative estimate of drug-likeness (QED) is 0.159. The SMILES string of the molecule is [2H]C([2H])([2H])c1cc2c3c(c1)N(c1ccc4c(sc5ccccc54)c1C(C)(C)C)c1cc(N(c4ccccc4)c4ccccc4)ccc1B3c1cc3c(cc1N2c1ccc2c(c1)C(C)(C)CCC2(C)C)C(C)(C)CCC3(C)C. The number of nitrogens with zero attached hydrogens (tertiary/aromatic N) is 3. The number of hydrogen-bond acceptors (Lipinski definition) is 4. The first-order chi connectivity index (χ1) is 36.4. The van der Waals surface area contributed by atoms with Gasteiger partial charge in [-0.15, -0.1) is 11.3 Å². The first kappa shape index (κ1) is 43.8. The monoisotopic (exact) mass is 987 g/mol. The fraction of sp³-hybridized carbons (Fsp3) is 0.304. The van der Waals surface area contributed by atoms with Crippen LogP contribution < -0.4 is 31.1 Å². The summed E-state index contributed by atoms with van der Waals surface area (Å²) in [6.45, 7) is 23.7. The Bertz CT molecular complexity index is 3840. The zero-order valence-corrected chi connectivity index (χ0v) is 46.0. The molecular formula is C69H70BN3S. The molecule has 0 atom stereocenters. The number of thiophene rings is 1. The molecule has 0 amide bonds. The summed E-state index contributed by atoms with van der Waals surface area (Å²) in [6, 6.07) is 58.3. The average molecular weight is 987 g/mol. The molecule has 0 fully saturated rings. The second kappa shape index (κ2) is 16.2. The largest absolute Gasteiger partial charge is 0.311 e. The van der Waals surface area contributed by atoms with Gasteiger partial charge in [0.15, 0.2) is 0 Å². The smallest absolute Gasteiger partial charge is 0.252 e. The van der Waals surface area contributed by atoms with Gasteiger partial charge in [0.05, 0.1) is 5.69 Å². The Labute approximate surface area is 449 Å². The van der Waals surface area contributed by atoms with E-state index in [4.69, 9.17) is 0 Å². The molecule has 0 radical (unpaired) electrons. The number of rotatable bonds is 5. The number of fused-ring (bicyclic) bond motifs is 9. The van der Waals surface area contributed by atoms with Crippen LogP contribution in [0.25, 0.3) is 20.2 Å². The van der Waals surface area contributed by atoms with Crippen molar-refractivity contribution in [2.75, 3.05) is 14.7 Å². The maximum absolute atomic E-state index is 9.39. The maximum atomic E-state index is 9.39. The maximum Gasteiger partial charge on any atom is 0.252 e. The second-order valence-electron chi connectivity index (χ2n) is 25.7. The van der Waals surface area contributed by atoms with E-state index in [9.17, 15) is 4.11 Å². The Morgan fingerprint density at radius 1 is 0.486 bits per heavy atom. The van der Waals surface area contributed by atoms with E-state index in [1.54, 1.807) is 0 Å². The molecule has 4 aliphatic rings. The molecule has 370 valence electrons. The molecular weight excluding hydrogens is 914 g/mol. The van der Waals surface area contributed by atoms with Gasteiger partial charge in [-0.05, 0) is 188 Å². The fourth-order valence-corrected chi connectivity index (χ4v) is 15.2. The van der Waals surface area contributed by atoms with Crippen LogP contribution in [-0.2, 0) is 27.1 Å². The minimum absolute atomic E-state index is 0.0310. The summed E-state index contributed by atoms with van der Waals surface area (Å²) in [5, 5.41) is 2.50. The predicted molar refractivity (Wildman–Crippen MR) is 322 cm³/mol. The third kappa shape index (κ3) is 7.12. The number of anilines is 9. The number of aryl methyl sites for hydroxylation is 1. The first-order valence-electron chi connectivity index (χ1n) is 28.5. The Hall–Kier alpha value is -6.56. The van der Waals surface area contributed by atoms with E-state index in [-0.39, 0.29) is 33.8 Å². The van der Waals surface area contributed by atoms with Crippen molar-refractivity contribution in [3.05, 3.63) is 191 Å². The van der Waals surface area contributed by atoms with Crippen molar-refractivity contribution in [2.45, 2.75) is 136 Å². The Morgan fingerprint density at radius 2 is 1.05 bits per heavy atom. The van der Waals surface area contributed by atoms with Crippen LogP contribution in [0.5, 0.6) is 0 Å². The summed E-state index contributed by atoms with van der Waals surface area (Å²) < 4.78 is 30.7. The fourth-order valence-electron chi connectivity index (χ4n) is 13.7. The summed E-state index contributed by atoms with van der Waals surface area (Å²) in [7, 11) is 0. The molecule has 3 nitrogen and oxygen atoms in total. The predicted octanol–water partition coefficient (Wildman–Crippen LogP) is 17.9. The summed E-state index contributed by atoms with van der Waals surface area (Å²) in [5.74, 6) is 0. The molecule has 8 aromatic carbocycles. The van der Waals surface area contributed by atoms with E-state index < -0.39 is 6.85 Å². The third-order valence-corrected chi connectivity index (χ3v) is 19.1. The van der Waals surface area contributed by atoms with Gasteiger partial charge in [-0.25, -0.2) is 0 Å². The van der Waals surface area contributed by atoms with E-state index in [2.05, 4.69) is 236 Å². The molecule has 3 heterocycles. The van der Waals surface area contributed by atoms with Gasteiger partial charge in [-0.2, -0.15) is 0 Å². The van der Waals surface area contributed by atoms with E-state index in [0.717, 1.165) is 82.3 Å². The van der Waals surface area contributed by atoms with Crippen molar-refractivity contribution in [1.82, 2.24) is 0 Å². The van der Waals surface area contributed by atoms with Gasteiger partial charge in [-0.3, -0.25) is 0 Å². The molecule has 2 aliphatic heterocycles. The topological polar surface area (TPSA) is 9.72 Å². The lowest BCUT2D eigenvalue weighted by Gasteiger charge is -2.48. The van der Waals surface area contributed by atoms with Crippen LogP contribution in [0.15, 0.2) is 158 Å². The number of benzene rings is 8. The van der Waals surface area contributed by atoms with Crippen molar-refractivity contribution in [3.63, 3.8) is 0 Å². The van der Waals surface area contributed by atoms with Crippen LogP contribution in [0.2, 0.25) is 0 Å². The second-order valence-corrected chi connectivity index (χ2v) is 26.7. The molecule has 0 unspecified atom stereocenters. The third-order valence-electron chi connectivity index (χ3n) is 17.9. The minimum Gasteiger partial charge on any atom is -0.311 e. The molecule has 74 heavy (non-hydrogen) atoms. The lowest BCUT2D eigenvalue weighted by atomic mass is 9.33. The normalized spacial score (nSPS) is 18.4. The van der Waals surface area contributed by atoms with Crippen LogP contribution in [0.4, 0.5) is 51.2 Å². The Morgan fingerprint density at radius 3 is 1.69 bits per heavy atom. The summed E-state index contributed by atoms with van der Waals surface area (Å²) in [5.41, 5.74) is 19.6. The van der Waals surface area contributed by atoms with Gasteiger partial charge in [-0.1, -0.05) is 155 Å². The van der Waals surface area contributed by atoms with E-state index in [0.29, 0.717) is 5.56 Å². The molecule has 1 aromatic heterocycles. The van der Waals surface area contributed by atoms with Crippen LogP contribution >= 0.6 is 11.3 Å². The van der Waals surface area contributed by atoms with Crippen molar-refractivity contribution in [1.29, 1.82) is 0 Å². The molecule has 0 spiro atoms. The Kier molecular flexibility index (Phi) is 9.60. The van der Waals surface area contributed by atoms with Crippen molar-refractivity contribution in [3.8, 4) is 0 Å². The molecule has 0 bridgehead atoms. The highest BCUT2D eigenvalue weighted by atomic mass is 32.1. The summed E-state index contributed by atoms with van der Waals surface area (Å²) in [6.07, 6.45) is 4.40. The summed E-state index contributed by atoms with van der Waals surface area (Å²) in [4.78, 5) is 7.32. The minimum atomic E-state index is -2.41. The van der Waals surface area contributed by atoms with Gasteiger partial charge in [0, 0.05) is 69.8 Å². The van der Waals surface area contributed by atoms with Crippen LogP contribution in [0, 0.1) is 6.85 Å². The van der Waals surface area contributed by atoms with E-state index in [1.807, 2.05) is 23.5 Å². The summed E-state index contributed by atoms with van der Waals surface area (Å²) >= 11 is 1.86. The zero-order chi connectivity index (χ0) is 53.9. The van der Waals surface area contributed by atoms with Gasteiger partial charge in [0.1, 0.15) is 0 Å². The average Bonchev–Trinajstić information content (AvgIpc) is 3.93. The van der Waals surface area contributed by atoms with Gasteiger partial charge in [0.25, 0.3) is 6.71 Å². The molecule has 5 heteroatoms. The zero-order valence-electron chi connectivity index (χ0n) is 48.2. The molecule has 0 saturated carbocycles. The van der Waals surface area contributed by atoms with Crippen molar-refractivity contribution in [2.24, 2.45) is 0 Å². The van der Waals surface area contributed by atoms with Gasteiger partial charge in [0.2, 0.25) is 0 Å². The van der Waals surface area contributed by atoms with E-state index >= 15 is 0 Å². The van der Waals surface area contributed by atoms with Gasteiger partial charge < -0.3 is 14.7 Å². The highest BCUT2D eigenvalue weighted by Gasteiger charge is 2.48. The lowest BCUT2D eigenvalue weighted by molar-refractivity contribution is 0.332. The van der Waals surface area contributed by atoms with Crippen LogP contribution in [0.3, 0.4) is 0 Å². The molecule has 9 aromatic rings. The number of hydrogen-bond donors (Lipinski definition) is 0.